The van der Waals surface area contributed by atoms with Crippen molar-refractivity contribution in [3.8, 4) is 5.95 Å². The minimum Gasteiger partial charge on any atom is -0.316 e. The zero-order valence-corrected chi connectivity index (χ0v) is 9.86. The lowest BCUT2D eigenvalue weighted by molar-refractivity contribution is 0.770. The number of halogens is 1. The van der Waals surface area contributed by atoms with Crippen LogP contribution in [0.4, 0.5) is 0 Å². The van der Waals surface area contributed by atoms with Gasteiger partial charge in [0, 0.05) is 24.5 Å². The number of aryl methyl sites for hydroxylation is 1. The molecule has 0 aliphatic rings. The van der Waals surface area contributed by atoms with Crippen LogP contribution < -0.4 is 5.32 Å². The van der Waals surface area contributed by atoms with Gasteiger partial charge in [0.2, 0.25) is 5.95 Å². The SMILES string of the molecule is CNCc1cnc(-n2cc(Cl)c(C)n2)nc1. The molecular formula is C10H12ClN5. The smallest absolute Gasteiger partial charge is 0.250 e. The highest BCUT2D eigenvalue weighted by atomic mass is 35.5. The van der Waals surface area contributed by atoms with E-state index in [9.17, 15) is 0 Å². The molecule has 0 amide bonds. The van der Waals surface area contributed by atoms with Crippen LogP contribution >= 0.6 is 11.6 Å². The third-order valence-electron chi connectivity index (χ3n) is 2.12. The monoisotopic (exact) mass is 237 g/mol. The summed E-state index contributed by atoms with van der Waals surface area (Å²) >= 11 is 5.91. The summed E-state index contributed by atoms with van der Waals surface area (Å²) in [7, 11) is 1.88. The fourth-order valence-electron chi connectivity index (χ4n) is 1.30. The third kappa shape index (κ3) is 2.20. The van der Waals surface area contributed by atoms with Crippen molar-refractivity contribution < 1.29 is 0 Å². The summed E-state index contributed by atoms with van der Waals surface area (Å²) in [5.74, 6) is 0.523. The summed E-state index contributed by atoms with van der Waals surface area (Å²) in [5.41, 5.74) is 1.80. The molecule has 0 saturated carbocycles. The first kappa shape index (κ1) is 11.0. The number of nitrogens with zero attached hydrogens (tertiary/aromatic N) is 4. The molecule has 1 N–H and O–H groups in total. The van der Waals surface area contributed by atoms with E-state index in [-0.39, 0.29) is 0 Å². The molecule has 2 aromatic rings. The van der Waals surface area contributed by atoms with E-state index < -0.39 is 0 Å². The van der Waals surface area contributed by atoms with Crippen LogP contribution in [0.2, 0.25) is 5.02 Å². The molecule has 0 fully saturated rings. The summed E-state index contributed by atoms with van der Waals surface area (Å²) in [6.07, 6.45) is 5.23. The minimum atomic E-state index is 0.523. The van der Waals surface area contributed by atoms with Gasteiger partial charge in [-0.05, 0) is 14.0 Å². The maximum atomic E-state index is 5.91. The molecule has 0 aliphatic carbocycles. The first-order chi connectivity index (χ1) is 7.70. The van der Waals surface area contributed by atoms with Crippen LogP contribution in [-0.4, -0.2) is 26.8 Å². The lowest BCUT2D eigenvalue weighted by Crippen LogP contribution is -2.08. The molecule has 0 saturated heterocycles. The summed E-state index contributed by atoms with van der Waals surface area (Å²) in [6, 6.07) is 0. The number of nitrogens with one attached hydrogen (secondary N) is 1. The van der Waals surface area contributed by atoms with E-state index in [1.807, 2.05) is 14.0 Å². The van der Waals surface area contributed by atoms with Crippen molar-refractivity contribution in [3.63, 3.8) is 0 Å². The van der Waals surface area contributed by atoms with Crippen molar-refractivity contribution in [2.45, 2.75) is 13.5 Å². The van der Waals surface area contributed by atoms with E-state index >= 15 is 0 Å². The second kappa shape index (κ2) is 4.59. The van der Waals surface area contributed by atoms with Crippen LogP contribution in [0.25, 0.3) is 5.95 Å². The van der Waals surface area contributed by atoms with Crippen LogP contribution in [0, 0.1) is 6.92 Å². The molecule has 0 unspecified atom stereocenters. The molecule has 5 nitrogen and oxygen atoms in total. The summed E-state index contributed by atoms with van der Waals surface area (Å²) in [4.78, 5) is 8.43. The molecule has 0 spiro atoms. The van der Waals surface area contributed by atoms with Gasteiger partial charge in [0.05, 0.1) is 16.9 Å². The fraction of sp³-hybridized carbons (Fsp3) is 0.300. The molecule has 0 bridgehead atoms. The molecule has 0 atom stereocenters. The van der Waals surface area contributed by atoms with Crippen LogP contribution in [0.3, 0.4) is 0 Å². The highest BCUT2D eigenvalue weighted by molar-refractivity contribution is 6.31. The van der Waals surface area contributed by atoms with Gasteiger partial charge in [-0.3, -0.25) is 0 Å². The van der Waals surface area contributed by atoms with Crippen molar-refractivity contribution in [2.24, 2.45) is 0 Å². The predicted octanol–water partition coefficient (Wildman–Crippen LogP) is 1.34. The van der Waals surface area contributed by atoms with E-state index in [1.165, 1.54) is 0 Å². The zero-order chi connectivity index (χ0) is 11.5. The Bertz CT molecular complexity index is 457. The Hall–Kier alpha value is -1.46. The topological polar surface area (TPSA) is 55.6 Å². The van der Waals surface area contributed by atoms with Gasteiger partial charge < -0.3 is 5.32 Å². The molecular weight excluding hydrogens is 226 g/mol. The second-order valence-corrected chi connectivity index (χ2v) is 3.84. The van der Waals surface area contributed by atoms with Gasteiger partial charge in [0.25, 0.3) is 0 Å². The van der Waals surface area contributed by atoms with Crippen LogP contribution in [0.5, 0.6) is 0 Å². The minimum absolute atomic E-state index is 0.523. The van der Waals surface area contributed by atoms with Gasteiger partial charge in [0.1, 0.15) is 0 Å². The second-order valence-electron chi connectivity index (χ2n) is 3.43. The maximum absolute atomic E-state index is 5.91. The van der Waals surface area contributed by atoms with Crippen molar-refractivity contribution in [3.05, 3.63) is 34.9 Å². The van der Waals surface area contributed by atoms with Crippen molar-refractivity contribution in [1.82, 2.24) is 25.1 Å². The van der Waals surface area contributed by atoms with Crippen molar-refractivity contribution >= 4 is 11.6 Å². The van der Waals surface area contributed by atoms with Gasteiger partial charge in [-0.2, -0.15) is 5.10 Å². The van der Waals surface area contributed by atoms with Gasteiger partial charge in [0.15, 0.2) is 0 Å². The molecule has 0 aliphatic heterocycles. The Balaban J connectivity index is 2.27. The van der Waals surface area contributed by atoms with Crippen LogP contribution in [-0.2, 0) is 6.54 Å². The van der Waals surface area contributed by atoms with E-state index in [2.05, 4.69) is 20.4 Å². The predicted molar refractivity (Wildman–Crippen MR) is 61.7 cm³/mol. The fourth-order valence-corrected chi connectivity index (χ4v) is 1.43. The van der Waals surface area contributed by atoms with Gasteiger partial charge in [-0.15, -0.1) is 0 Å². The highest BCUT2D eigenvalue weighted by Crippen LogP contribution is 2.13. The van der Waals surface area contributed by atoms with E-state index in [0.717, 1.165) is 17.8 Å². The number of rotatable bonds is 3. The Morgan fingerprint density at radius 3 is 2.56 bits per heavy atom. The number of hydrogen-bond donors (Lipinski definition) is 1. The Kier molecular flexibility index (Phi) is 3.17. The first-order valence-corrected chi connectivity index (χ1v) is 5.26. The normalized spacial score (nSPS) is 10.7. The Morgan fingerprint density at radius 1 is 1.38 bits per heavy atom. The molecule has 16 heavy (non-hydrogen) atoms. The molecule has 84 valence electrons. The zero-order valence-electron chi connectivity index (χ0n) is 9.11. The Labute approximate surface area is 98.5 Å². The molecule has 0 aromatic carbocycles. The third-order valence-corrected chi connectivity index (χ3v) is 2.49. The van der Waals surface area contributed by atoms with E-state index in [0.29, 0.717) is 11.0 Å². The van der Waals surface area contributed by atoms with E-state index in [4.69, 9.17) is 11.6 Å². The maximum Gasteiger partial charge on any atom is 0.250 e. The largest absolute Gasteiger partial charge is 0.316 e. The molecule has 2 aromatic heterocycles. The van der Waals surface area contributed by atoms with Crippen molar-refractivity contribution in [1.29, 1.82) is 0 Å². The molecule has 0 radical (unpaired) electrons. The average molecular weight is 238 g/mol. The molecule has 2 heterocycles. The number of hydrogen-bond acceptors (Lipinski definition) is 4. The number of aromatic nitrogens is 4. The lowest BCUT2D eigenvalue weighted by Gasteiger charge is -2.01. The molecule has 6 heteroatoms. The highest BCUT2D eigenvalue weighted by Gasteiger charge is 2.05. The Morgan fingerprint density at radius 2 is 2.06 bits per heavy atom. The van der Waals surface area contributed by atoms with E-state index in [1.54, 1.807) is 23.3 Å². The van der Waals surface area contributed by atoms with Gasteiger partial charge in [-0.25, -0.2) is 14.6 Å². The quantitative estimate of drug-likeness (QED) is 0.876. The van der Waals surface area contributed by atoms with Crippen LogP contribution in [0.1, 0.15) is 11.3 Å². The standard InChI is InChI=1S/C10H12ClN5/c1-7-9(11)6-16(15-7)10-13-4-8(3-12-2)5-14-10/h4-6,12H,3H2,1-2H3. The molecule has 2 rings (SSSR count). The summed E-state index contributed by atoms with van der Waals surface area (Å²) < 4.78 is 1.57. The van der Waals surface area contributed by atoms with Crippen LogP contribution in [0.15, 0.2) is 18.6 Å². The lowest BCUT2D eigenvalue weighted by atomic mass is 10.3. The van der Waals surface area contributed by atoms with Gasteiger partial charge >= 0.3 is 0 Å². The summed E-state index contributed by atoms with van der Waals surface area (Å²) in [5, 5.41) is 7.85. The van der Waals surface area contributed by atoms with Crippen molar-refractivity contribution in [2.75, 3.05) is 7.05 Å². The summed E-state index contributed by atoms with van der Waals surface area (Å²) in [6.45, 7) is 2.59. The average Bonchev–Trinajstić information content (AvgIpc) is 2.61. The van der Waals surface area contributed by atoms with Gasteiger partial charge in [-0.1, -0.05) is 11.6 Å². The first-order valence-electron chi connectivity index (χ1n) is 4.88.